The summed E-state index contributed by atoms with van der Waals surface area (Å²) in [6.45, 7) is 4.75. The van der Waals surface area contributed by atoms with Crippen molar-refractivity contribution in [3.8, 4) is 0 Å². The van der Waals surface area contributed by atoms with Crippen LogP contribution in [0.3, 0.4) is 0 Å². The first-order valence-corrected chi connectivity index (χ1v) is 16.7. The van der Waals surface area contributed by atoms with Gasteiger partial charge in [-0.25, -0.2) is 9.59 Å². The molecule has 0 bridgehead atoms. The molecule has 10 heteroatoms. The second-order valence-electron chi connectivity index (χ2n) is 12.9. The molecule has 4 saturated heterocycles. The summed E-state index contributed by atoms with van der Waals surface area (Å²) < 4.78 is 5.41. The van der Waals surface area contributed by atoms with Gasteiger partial charge in [0, 0.05) is 13.1 Å². The number of hydrogen-bond donors (Lipinski definition) is 1. The molecule has 46 heavy (non-hydrogen) atoms. The van der Waals surface area contributed by atoms with Crippen LogP contribution in [-0.2, 0) is 19.1 Å². The van der Waals surface area contributed by atoms with Crippen molar-refractivity contribution in [2.45, 2.75) is 69.1 Å². The van der Waals surface area contributed by atoms with E-state index in [0.29, 0.717) is 19.0 Å². The number of β-lactam (4-membered cyclic amide) rings is 1. The average molecular weight is 629 g/mol. The molecule has 6 rings (SSSR count). The molecule has 0 spiro atoms. The number of amides is 3. The number of aliphatic carboxylic acids is 1. The minimum Gasteiger partial charge on any atom is -0.480 e. The number of likely N-dealkylation sites (tertiary alicyclic amines) is 3. The van der Waals surface area contributed by atoms with Gasteiger partial charge in [0.1, 0.15) is 18.7 Å². The SMILES string of the molecule is O=C(O)C(CC(=O)N1CCC(CCN2CCCCC2)CC1)N1C(=O)C(N2C(=O)OC[C@@H]2c2ccccc2)C1C=Cc1ccccc1. The third-order valence-electron chi connectivity index (χ3n) is 10.1. The Morgan fingerprint density at radius 3 is 2.26 bits per heavy atom. The van der Waals surface area contributed by atoms with E-state index in [1.54, 1.807) is 11.0 Å². The van der Waals surface area contributed by atoms with Crippen molar-refractivity contribution in [1.29, 1.82) is 0 Å². The number of carbonyl (C=O) groups is 4. The Morgan fingerprint density at radius 2 is 1.59 bits per heavy atom. The van der Waals surface area contributed by atoms with Gasteiger partial charge in [-0.2, -0.15) is 0 Å². The summed E-state index contributed by atoms with van der Waals surface area (Å²) in [5, 5.41) is 10.3. The van der Waals surface area contributed by atoms with E-state index < -0.39 is 42.1 Å². The summed E-state index contributed by atoms with van der Waals surface area (Å²) >= 11 is 0. The van der Waals surface area contributed by atoms with Crippen LogP contribution in [0.4, 0.5) is 4.79 Å². The summed E-state index contributed by atoms with van der Waals surface area (Å²) in [5.74, 6) is -1.44. The van der Waals surface area contributed by atoms with Crippen molar-refractivity contribution in [3.63, 3.8) is 0 Å². The second kappa shape index (κ2) is 14.5. The molecule has 4 fully saturated rings. The van der Waals surface area contributed by atoms with E-state index in [0.717, 1.165) is 36.9 Å². The quantitative estimate of drug-likeness (QED) is 0.367. The van der Waals surface area contributed by atoms with Crippen LogP contribution in [0.5, 0.6) is 0 Å². The molecule has 0 aromatic heterocycles. The van der Waals surface area contributed by atoms with Crippen LogP contribution in [-0.4, -0.2) is 106 Å². The molecular formula is C36H44N4O6. The largest absolute Gasteiger partial charge is 0.480 e. The second-order valence-corrected chi connectivity index (χ2v) is 12.9. The number of benzene rings is 2. The van der Waals surface area contributed by atoms with Crippen LogP contribution in [0.1, 0.15) is 62.1 Å². The molecule has 3 unspecified atom stereocenters. The van der Waals surface area contributed by atoms with Crippen LogP contribution in [0.15, 0.2) is 66.7 Å². The average Bonchev–Trinajstić information content (AvgIpc) is 3.46. The molecule has 2 aromatic rings. The molecule has 0 saturated carbocycles. The Morgan fingerprint density at radius 1 is 0.913 bits per heavy atom. The van der Waals surface area contributed by atoms with E-state index >= 15 is 0 Å². The van der Waals surface area contributed by atoms with Crippen LogP contribution in [0, 0.1) is 5.92 Å². The summed E-state index contributed by atoms with van der Waals surface area (Å²) in [4.78, 5) is 60.1. The number of piperidine rings is 2. The third-order valence-corrected chi connectivity index (χ3v) is 10.1. The maximum atomic E-state index is 13.9. The van der Waals surface area contributed by atoms with E-state index in [-0.39, 0.29) is 18.9 Å². The molecule has 10 nitrogen and oxygen atoms in total. The molecule has 244 valence electrons. The molecule has 4 aliphatic rings. The molecule has 4 heterocycles. The summed E-state index contributed by atoms with van der Waals surface area (Å²) in [6.07, 6.45) is 9.47. The molecule has 4 aliphatic heterocycles. The highest BCUT2D eigenvalue weighted by molar-refractivity contribution is 5.98. The van der Waals surface area contributed by atoms with Gasteiger partial charge < -0.3 is 24.5 Å². The number of carbonyl (C=O) groups excluding carboxylic acids is 3. The number of cyclic esters (lactones) is 1. The number of carboxylic acid groups (broad SMARTS) is 1. The Kier molecular flexibility index (Phi) is 10.0. The molecule has 0 aliphatic carbocycles. The predicted octanol–water partition coefficient (Wildman–Crippen LogP) is 4.43. The van der Waals surface area contributed by atoms with E-state index in [1.807, 2.05) is 66.7 Å². The van der Waals surface area contributed by atoms with Crippen LogP contribution in [0.2, 0.25) is 0 Å². The lowest BCUT2D eigenvalue weighted by Crippen LogP contribution is -2.74. The first-order valence-electron chi connectivity index (χ1n) is 16.7. The number of hydrogen-bond acceptors (Lipinski definition) is 6. The lowest BCUT2D eigenvalue weighted by Gasteiger charge is -2.51. The lowest BCUT2D eigenvalue weighted by molar-refractivity contribution is -0.169. The smallest absolute Gasteiger partial charge is 0.411 e. The van der Waals surface area contributed by atoms with Gasteiger partial charge in [-0.05, 0) is 68.8 Å². The summed E-state index contributed by atoms with van der Waals surface area (Å²) in [7, 11) is 0. The molecule has 2 aromatic carbocycles. The first-order chi connectivity index (χ1) is 22.4. The Bertz CT molecular complexity index is 1400. The normalized spacial score (nSPS) is 25.0. The Labute approximate surface area is 270 Å². The third kappa shape index (κ3) is 6.97. The van der Waals surface area contributed by atoms with Crippen LogP contribution in [0.25, 0.3) is 6.08 Å². The number of carboxylic acids is 1. The fourth-order valence-corrected chi connectivity index (χ4v) is 7.42. The van der Waals surface area contributed by atoms with Gasteiger partial charge in [0.25, 0.3) is 0 Å². The molecule has 4 atom stereocenters. The minimum absolute atomic E-state index is 0.0938. The van der Waals surface area contributed by atoms with E-state index in [2.05, 4.69) is 4.90 Å². The molecule has 0 radical (unpaired) electrons. The van der Waals surface area contributed by atoms with Gasteiger partial charge in [0.2, 0.25) is 11.8 Å². The predicted molar refractivity (Wildman–Crippen MR) is 173 cm³/mol. The molecule has 3 amide bonds. The monoisotopic (exact) mass is 628 g/mol. The highest BCUT2D eigenvalue weighted by Crippen LogP contribution is 2.39. The van der Waals surface area contributed by atoms with Crippen molar-refractivity contribution < 1.29 is 29.0 Å². The van der Waals surface area contributed by atoms with Gasteiger partial charge in [0.05, 0.1) is 18.5 Å². The zero-order valence-electron chi connectivity index (χ0n) is 26.3. The van der Waals surface area contributed by atoms with Gasteiger partial charge in [-0.15, -0.1) is 0 Å². The maximum absolute atomic E-state index is 13.9. The van der Waals surface area contributed by atoms with Crippen molar-refractivity contribution >= 4 is 30.0 Å². The van der Waals surface area contributed by atoms with Gasteiger partial charge in [0.15, 0.2) is 0 Å². The lowest BCUT2D eigenvalue weighted by atomic mass is 9.87. The maximum Gasteiger partial charge on any atom is 0.411 e. The van der Waals surface area contributed by atoms with Crippen LogP contribution < -0.4 is 0 Å². The topological polar surface area (TPSA) is 111 Å². The van der Waals surface area contributed by atoms with Crippen molar-refractivity contribution in [2.24, 2.45) is 5.92 Å². The van der Waals surface area contributed by atoms with Crippen molar-refractivity contribution in [3.05, 3.63) is 77.9 Å². The molecular weight excluding hydrogens is 584 g/mol. The van der Waals surface area contributed by atoms with E-state index in [9.17, 15) is 24.3 Å². The summed E-state index contributed by atoms with van der Waals surface area (Å²) in [6, 6.07) is 15.3. The Hall–Kier alpha value is -4.18. The molecule has 1 N–H and O–H groups in total. The standard InChI is InChI=1S/C36H44N4O6/c41-32(38-22-17-27(18-23-38)16-21-37-19-8-3-9-20-37)24-30(35(43)44)39-29(15-14-26-10-4-1-5-11-26)33(34(39)42)40-31(25-46-36(40)45)28-12-6-2-7-13-28/h1-2,4-7,10-15,27,29-31,33H,3,8-9,16-25H2,(H,43,44)/t29?,30?,31-,33?/m1/s1. The first kappa shape index (κ1) is 31.8. The van der Waals surface area contributed by atoms with Crippen molar-refractivity contribution in [2.75, 3.05) is 39.3 Å². The van der Waals surface area contributed by atoms with Gasteiger partial charge in [-0.1, -0.05) is 79.2 Å². The van der Waals surface area contributed by atoms with E-state index in [4.69, 9.17) is 4.74 Å². The highest BCUT2D eigenvalue weighted by atomic mass is 16.6. The minimum atomic E-state index is -1.35. The number of ether oxygens (including phenoxy) is 1. The Balaban J connectivity index is 1.15. The zero-order valence-corrected chi connectivity index (χ0v) is 26.3. The summed E-state index contributed by atoms with van der Waals surface area (Å²) in [5.41, 5.74) is 1.70. The number of rotatable bonds is 11. The van der Waals surface area contributed by atoms with Crippen LogP contribution >= 0.6 is 0 Å². The van der Waals surface area contributed by atoms with Crippen molar-refractivity contribution in [1.82, 2.24) is 19.6 Å². The fourth-order valence-electron chi connectivity index (χ4n) is 7.42. The van der Waals surface area contributed by atoms with Gasteiger partial charge >= 0.3 is 12.1 Å². The van der Waals surface area contributed by atoms with Gasteiger partial charge in [-0.3, -0.25) is 14.5 Å². The number of nitrogens with zero attached hydrogens (tertiary/aromatic N) is 4. The fraction of sp³-hybridized carbons (Fsp3) is 0.500. The van der Waals surface area contributed by atoms with E-state index in [1.165, 1.54) is 42.2 Å². The zero-order chi connectivity index (χ0) is 32.0. The highest BCUT2D eigenvalue weighted by Gasteiger charge is 2.58.